The van der Waals surface area contributed by atoms with Gasteiger partial charge in [-0.2, -0.15) is 23.5 Å². The van der Waals surface area contributed by atoms with Crippen molar-refractivity contribution in [2.24, 2.45) is 0 Å². The summed E-state index contributed by atoms with van der Waals surface area (Å²) in [5.74, 6) is 2.03. The second kappa shape index (κ2) is 12.5. The summed E-state index contributed by atoms with van der Waals surface area (Å²) in [6.07, 6.45) is -2.40. The van der Waals surface area contributed by atoms with Crippen LogP contribution in [0.2, 0.25) is 0 Å². The third-order valence-electron chi connectivity index (χ3n) is 6.73. The van der Waals surface area contributed by atoms with Gasteiger partial charge >= 0.3 is 6.18 Å². The molecule has 0 saturated carbocycles. The second-order valence-corrected chi connectivity index (χ2v) is 9.96. The van der Waals surface area contributed by atoms with E-state index in [9.17, 15) is 18.0 Å². The number of pyridine rings is 1. The Hall–Kier alpha value is -4.97. The molecule has 1 saturated heterocycles. The fourth-order valence-electron chi connectivity index (χ4n) is 4.47. The Bertz CT molecular complexity index is 1640. The summed E-state index contributed by atoms with van der Waals surface area (Å²) in [5.41, 5.74) is -1.96. The average molecular weight is 597 g/mol. The lowest BCUT2D eigenvalue weighted by atomic mass is 10.0. The first kappa shape index (κ1) is 29.5. The number of nitrogens with one attached hydrogen (secondary N) is 1. The molecule has 4 aromatic rings. The van der Waals surface area contributed by atoms with Crippen molar-refractivity contribution >= 4 is 11.5 Å². The summed E-state index contributed by atoms with van der Waals surface area (Å²) >= 11 is 0. The van der Waals surface area contributed by atoms with Crippen LogP contribution in [0, 0.1) is 11.3 Å². The SMILES string of the molecule is COc1ccc(Cn2ncc(NC(C)COCc3nnc(C4CN(c5ccc(C#N)cn5)C4)o3)c(C(F)(F)F)c2=O)cc1. The van der Waals surface area contributed by atoms with Crippen molar-refractivity contribution in [2.45, 2.75) is 38.2 Å². The Balaban J connectivity index is 1.14. The fourth-order valence-corrected chi connectivity index (χ4v) is 4.47. The largest absolute Gasteiger partial charge is 0.497 e. The summed E-state index contributed by atoms with van der Waals surface area (Å²) in [6, 6.07) is 11.5. The van der Waals surface area contributed by atoms with E-state index in [-0.39, 0.29) is 31.6 Å². The van der Waals surface area contributed by atoms with Crippen molar-refractivity contribution in [1.82, 2.24) is 25.0 Å². The minimum atomic E-state index is -4.90. The first-order chi connectivity index (χ1) is 20.6. The van der Waals surface area contributed by atoms with Crippen LogP contribution in [0.5, 0.6) is 5.75 Å². The van der Waals surface area contributed by atoms with E-state index in [4.69, 9.17) is 19.2 Å². The first-order valence-corrected chi connectivity index (χ1v) is 13.2. The highest BCUT2D eigenvalue weighted by Gasteiger charge is 2.38. The number of alkyl halides is 3. The van der Waals surface area contributed by atoms with Crippen LogP contribution in [0.4, 0.5) is 24.7 Å². The minimum Gasteiger partial charge on any atom is -0.497 e. The Kier molecular flexibility index (Phi) is 8.58. The number of nitrogens with zero attached hydrogens (tertiary/aromatic N) is 7. The summed E-state index contributed by atoms with van der Waals surface area (Å²) < 4.78 is 58.9. The zero-order valence-corrected chi connectivity index (χ0v) is 23.2. The van der Waals surface area contributed by atoms with Crippen LogP contribution in [0.15, 0.2) is 58.0 Å². The monoisotopic (exact) mass is 596 g/mol. The molecule has 1 atom stereocenters. The van der Waals surface area contributed by atoms with Gasteiger partial charge in [-0.05, 0) is 36.8 Å². The van der Waals surface area contributed by atoms with Gasteiger partial charge in [0.15, 0.2) is 0 Å². The molecule has 1 unspecified atom stereocenters. The van der Waals surface area contributed by atoms with Crippen molar-refractivity contribution < 1.29 is 27.1 Å². The average Bonchev–Trinajstić information content (AvgIpc) is 3.42. The highest BCUT2D eigenvalue weighted by molar-refractivity contribution is 5.50. The quantitative estimate of drug-likeness (QED) is 0.271. The summed E-state index contributed by atoms with van der Waals surface area (Å²) in [6.45, 7) is 2.67. The van der Waals surface area contributed by atoms with E-state index >= 15 is 0 Å². The number of methoxy groups -OCH3 is 1. The highest BCUT2D eigenvalue weighted by atomic mass is 19.4. The predicted molar refractivity (Wildman–Crippen MR) is 147 cm³/mol. The molecule has 0 radical (unpaired) electrons. The van der Waals surface area contributed by atoms with E-state index in [2.05, 4.69) is 25.6 Å². The molecule has 1 fully saturated rings. The van der Waals surface area contributed by atoms with Crippen molar-refractivity contribution in [3.8, 4) is 11.8 Å². The van der Waals surface area contributed by atoms with Gasteiger partial charge in [0.2, 0.25) is 11.8 Å². The van der Waals surface area contributed by atoms with E-state index in [1.165, 1.54) is 13.3 Å². The third-order valence-corrected chi connectivity index (χ3v) is 6.73. The van der Waals surface area contributed by atoms with Gasteiger partial charge in [-0.3, -0.25) is 4.79 Å². The van der Waals surface area contributed by atoms with Crippen molar-refractivity contribution in [3.63, 3.8) is 0 Å². The van der Waals surface area contributed by atoms with Gasteiger partial charge in [0.25, 0.3) is 5.56 Å². The van der Waals surface area contributed by atoms with Crippen LogP contribution in [-0.4, -0.2) is 57.8 Å². The van der Waals surface area contributed by atoms with Crippen LogP contribution in [0.25, 0.3) is 0 Å². The minimum absolute atomic E-state index is 0.00842. The highest BCUT2D eigenvalue weighted by Crippen LogP contribution is 2.32. The molecule has 3 aromatic heterocycles. The van der Waals surface area contributed by atoms with Gasteiger partial charge in [0.05, 0.1) is 43.6 Å². The Morgan fingerprint density at radius 1 is 1.16 bits per heavy atom. The third kappa shape index (κ3) is 6.92. The second-order valence-electron chi connectivity index (χ2n) is 9.96. The molecule has 5 rings (SSSR count). The zero-order valence-electron chi connectivity index (χ0n) is 23.2. The topological polar surface area (TPSA) is 144 Å². The number of benzene rings is 1. The Labute approximate surface area is 243 Å². The molecular weight excluding hydrogens is 569 g/mol. The fraction of sp³-hybridized carbons (Fsp3) is 0.357. The van der Waals surface area contributed by atoms with E-state index in [1.54, 1.807) is 43.3 Å². The number of rotatable bonds is 11. The smallest absolute Gasteiger partial charge is 0.423 e. The number of aromatic nitrogens is 5. The van der Waals surface area contributed by atoms with Gasteiger partial charge in [0.1, 0.15) is 29.8 Å². The normalized spacial score (nSPS) is 14.2. The first-order valence-electron chi connectivity index (χ1n) is 13.2. The van der Waals surface area contributed by atoms with E-state index in [0.29, 0.717) is 35.9 Å². The van der Waals surface area contributed by atoms with Crippen LogP contribution in [0.1, 0.15) is 41.3 Å². The molecule has 1 aliphatic rings. The molecule has 0 spiro atoms. The lowest BCUT2D eigenvalue weighted by molar-refractivity contribution is -0.138. The summed E-state index contributed by atoms with van der Waals surface area (Å²) in [7, 11) is 1.50. The molecule has 4 heterocycles. The van der Waals surface area contributed by atoms with Crippen LogP contribution >= 0.6 is 0 Å². The van der Waals surface area contributed by atoms with Crippen molar-refractivity contribution in [2.75, 3.05) is 37.0 Å². The number of halogens is 3. The Morgan fingerprint density at radius 2 is 1.93 bits per heavy atom. The standard InChI is InChI=1S/C28H27F3N8O4/c1-17(15-42-16-24-36-37-26(43-24)20-13-38(14-20)23-8-5-19(9-32)10-33-23)35-22-11-34-39(27(40)25(22)28(29,30)31)12-18-3-6-21(41-2)7-4-18/h3-8,10-11,17,20,35H,12-16H2,1-2H3. The predicted octanol–water partition coefficient (Wildman–Crippen LogP) is 3.59. The molecule has 43 heavy (non-hydrogen) atoms. The zero-order chi connectivity index (χ0) is 30.6. The van der Waals surface area contributed by atoms with Gasteiger partial charge in [-0.1, -0.05) is 12.1 Å². The lowest BCUT2D eigenvalue weighted by Crippen LogP contribution is -2.45. The van der Waals surface area contributed by atoms with Gasteiger partial charge in [-0.15, -0.1) is 10.2 Å². The van der Waals surface area contributed by atoms with E-state index in [0.717, 1.165) is 16.7 Å². The lowest BCUT2D eigenvalue weighted by Gasteiger charge is -2.38. The van der Waals surface area contributed by atoms with E-state index in [1.807, 2.05) is 11.0 Å². The van der Waals surface area contributed by atoms with Crippen LogP contribution in [-0.2, 0) is 24.1 Å². The molecular formula is C28H27F3N8O4. The van der Waals surface area contributed by atoms with Gasteiger partial charge in [0, 0.05) is 25.3 Å². The molecule has 224 valence electrons. The molecule has 1 aliphatic heterocycles. The molecule has 0 aliphatic carbocycles. The number of hydrogen-bond donors (Lipinski definition) is 1. The Morgan fingerprint density at radius 3 is 2.58 bits per heavy atom. The van der Waals surface area contributed by atoms with Gasteiger partial charge in [-0.25, -0.2) is 9.67 Å². The molecule has 15 heteroatoms. The number of hydrogen-bond acceptors (Lipinski definition) is 11. The molecule has 1 N–H and O–H groups in total. The molecule has 1 aromatic carbocycles. The maximum absolute atomic E-state index is 13.9. The molecule has 12 nitrogen and oxygen atoms in total. The number of nitriles is 1. The number of ether oxygens (including phenoxy) is 2. The maximum atomic E-state index is 13.9. The summed E-state index contributed by atoms with van der Waals surface area (Å²) in [5, 5.41) is 23.6. The van der Waals surface area contributed by atoms with Gasteiger partial charge < -0.3 is 24.1 Å². The maximum Gasteiger partial charge on any atom is 0.423 e. The molecule has 0 bridgehead atoms. The van der Waals surface area contributed by atoms with Crippen molar-refractivity contribution in [3.05, 3.63) is 87.6 Å². The van der Waals surface area contributed by atoms with Crippen molar-refractivity contribution in [1.29, 1.82) is 5.26 Å². The van der Waals surface area contributed by atoms with Crippen LogP contribution in [0.3, 0.4) is 0 Å². The summed E-state index contributed by atoms with van der Waals surface area (Å²) in [4.78, 5) is 19.1. The van der Waals surface area contributed by atoms with Crippen LogP contribution < -0.4 is 20.5 Å². The molecule has 0 amide bonds. The van der Waals surface area contributed by atoms with E-state index < -0.39 is 29.0 Å². The number of anilines is 2.